The molecule has 4 heterocycles. The number of rotatable bonds is 8. The number of hydrogen-bond donors (Lipinski definition) is 2. The highest BCUT2D eigenvalue weighted by molar-refractivity contribution is 7.89. The molecule has 0 unspecified atom stereocenters. The van der Waals surface area contributed by atoms with Crippen LogP contribution in [0.2, 0.25) is 0 Å². The standard InChI is InChI=1S/C25H29N7O4S/c1-3-15-36-20-9-8-17(37(34,35)32-13-11-31(4-2)12-14-32)16-18(20)24-27-22-21(19-7-5-6-10-26-19)29-30-23(22)25(33)28-24/h5-10,16H,3-4,11-15H2,1-2H3,(H,29,30)(H,27,28,33). The lowest BCUT2D eigenvalue weighted by atomic mass is 10.1. The van der Waals surface area contributed by atoms with E-state index >= 15 is 0 Å². The van der Waals surface area contributed by atoms with Gasteiger partial charge < -0.3 is 14.6 Å². The number of benzene rings is 1. The van der Waals surface area contributed by atoms with E-state index in [0.717, 1.165) is 13.0 Å². The molecule has 2 N–H and O–H groups in total. The molecular weight excluding hydrogens is 494 g/mol. The Morgan fingerprint density at radius 1 is 1.08 bits per heavy atom. The summed E-state index contributed by atoms with van der Waals surface area (Å²) in [4.78, 5) is 27.1. The molecular formula is C25H29N7O4S. The SMILES string of the molecule is CCCOc1ccc(S(=O)(=O)N2CCN(CC)CC2)cc1-c1nc2c(-c3ccccn3)n[nH]c2c(=O)[nH]1. The van der Waals surface area contributed by atoms with E-state index in [-0.39, 0.29) is 16.2 Å². The van der Waals surface area contributed by atoms with Gasteiger partial charge in [-0.1, -0.05) is 19.9 Å². The van der Waals surface area contributed by atoms with E-state index in [1.165, 1.54) is 10.4 Å². The maximum absolute atomic E-state index is 13.5. The smallest absolute Gasteiger partial charge is 0.277 e. The monoisotopic (exact) mass is 523 g/mol. The van der Waals surface area contributed by atoms with Crippen molar-refractivity contribution >= 4 is 21.1 Å². The minimum atomic E-state index is -3.75. The third kappa shape index (κ3) is 4.87. The van der Waals surface area contributed by atoms with Gasteiger partial charge in [-0.05, 0) is 43.3 Å². The number of piperazine rings is 1. The van der Waals surface area contributed by atoms with Gasteiger partial charge in [-0.3, -0.25) is 14.9 Å². The van der Waals surface area contributed by atoms with Crippen molar-refractivity contribution in [1.29, 1.82) is 0 Å². The van der Waals surface area contributed by atoms with Gasteiger partial charge >= 0.3 is 0 Å². The van der Waals surface area contributed by atoms with Gasteiger partial charge in [-0.15, -0.1) is 0 Å². The fraction of sp³-hybridized carbons (Fsp3) is 0.360. The number of pyridine rings is 1. The lowest BCUT2D eigenvalue weighted by Crippen LogP contribution is -2.48. The Morgan fingerprint density at radius 2 is 1.89 bits per heavy atom. The third-order valence-electron chi connectivity index (χ3n) is 6.41. The molecule has 4 aromatic rings. The van der Waals surface area contributed by atoms with Crippen LogP contribution in [-0.4, -0.2) is 82.1 Å². The van der Waals surface area contributed by atoms with Crippen molar-refractivity contribution in [3.05, 3.63) is 52.9 Å². The molecule has 0 spiro atoms. The Morgan fingerprint density at radius 3 is 2.59 bits per heavy atom. The molecule has 0 aliphatic carbocycles. The number of sulfonamides is 1. The van der Waals surface area contributed by atoms with Gasteiger partial charge in [0, 0.05) is 32.4 Å². The molecule has 3 aromatic heterocycles. The summed E-state index contributed by atoms with van der Waals surface area (Å²) in [6, 6.07) is 10.1. The summed E-state index contributed by atoms with van der Waals surface area (Å²) >= 11 is 0. The Bertz CT molecular complexity index is 1560. The number of nitrogens with zero attached hydrogens (tertiary/aromatic N) is 5. The van der Waals surface area contributed by atoms with Crippen LogP contribution in [-0.2, 0) is 10.0 Å². The van der Waals surface area contributed by atoms with E-state index in [2.05, 4.69) is 37.0 Å². The second-order valence-corrected chi connectivity index (χ2v) is 10.7. The number of aromatic amines is 2. The molecule has 0 atom stereocenters. The number of fused-ring (bicyclic) bond motifs is 1. The fourth-order valence-corrected chi connectivity index (χ4v) is 5.80. The fourth-order valence-electron chi connectivity index (χ4n) is 4.35. The highest BCUT2D eigenvalue weighted by Gasteiger charge is 2.29. The predicted molar refractivity (Wildman–Crippen MR) is 140 cm³/mol. The van der Waals surface area contributed by atoms with Gasteiger partial charge in [-0.2, -0.15) is 9.40 Å². The van der Waals surface area contributed by atoms with Crippen LogP contribution in [0.25, 0.3) is 33.8 Å². The first-order valence-electron chi connectivity index (χ1n) is 12.3. The normalized spacial score (nSPS) is 15.3. The van der Waals surface area contributed by atoms with Gasteiger partial charge in [0.25, 0.3) is 5.56 Å². The van der Waals surface area contributed by atoms with Crippen LogP contribution in [0.4, 0.5) is 0 Å². The summed E-state index contributed by atoms with van der Waals surface area (Å²) in [6.07, 6.45) is 2.39. The van der Waals surface area contributed by atoms with Crippen LogP contribution in [0.3, 0.4) is 0 Å². The Kier molecular flexibility index (Phi) is 7.04. The van der Waals surface area contributed by atoms with E-state index < -0.39 is 15.6 Å². The number of hydrogen-bond acceptors (Lipinski definition) is 8. The van der Waals surface area contributed by atoms with Crippen molar-refractivity contribution < 1.29 is 13.2 Å². The van der Waals surface area contributed by atoms with Crippen molar-refractivity contribution in [3.63, 3.8) is 0 Å². The van der Waals surface area contributed by atoms with E-state index in [1.54, 1.807) is 30.5 Å². The number of likely N-dealkylation sites (N-methyl/N-ethyl adjacent to an activating group) is 1. The summed E-state index contributed by atoms with van der Waals surface area (Å²) in [7, 11) is -3.75. The molecule has 37 heavy (non-hydrogen) atoms. The molecule has 0 amide bonds. The quantitative estimate of drug-likeness (QED) is 0.359. The minimum absolute atomic E-state index is 0.121. The summed E-state index contributed by atoms with van der Waals surface area (Å²) < 4.78 is 34.5. The first-order valence-corrected chi connectivity index (χ1v) is 13.8. The first-order chi connectivity index (χ1) is 17.9. The van der Waals surface area contributed by atoms with Crippen molar-refractivity contribution in [2.75, 3.05) is 39.3 Å². The molecule has 0 radical (unpaired) electrons. The highest BCUT2D eigenvalue weighted by Crippen LogP contribution is 2.33. The van der Waals surface area contributed by atoms with Gasteiger partial charge in [0.05, 0.1) is 22.8 Å². The molecule has 194 valence electrons. The van der Waals surface area contributed by atoms with E-state index in [0.29, 0.717) is 61.0 Å². The lowest BCUT2D eigenvalue weighted by Gasteiger charge is -2.33. The molecule has 1 aliphatic heterocycles. The summed E-state index contributed by atoms with van der Waals surface area (Å²) in [5.74, 6) is 0.622. The van der Waals surface area contributed by atoms with Gasteiger partial charge in [0.15, 0.2) is 0 Å². The molecule has 11 nitrogen and oxygen atoms in total. The zero-order valence-electron chi connectivity index (χ0n) is 20.8. The van der Waals surface area contributed by atoms with Gasteiger partial charge in [0.1, 0.15) is 28.3 Å². The topological polar surface area (TPSA) is 137 Å². The third-order valence-corrected chi connectivity index (χ3v) is 8.31. The first kappa shape index (κ1) is 25.1. The Balaban J connectivity index is 1.61. The van der Waals surface area contributed by atoms with Crippen molar-refractivity contribution in [1.82, 2.24) is 34.4 Å². The van der Waals surface area contributed by atoms with Crippen LogP contribution < -0.4 is 10.3 Å². The minimum Gasteiger partial charge on any atom is -0.493 e. The zero-order chi connectivity index (χ0) is 26.0. The highest BCUT2D eigenvalue weighted by atomic mass is 32.2. The maximum Gasteiger partial charge on any atom is 0.277 e. The Labute approximate surface area is 214 Å². The largest absolute Gasteiger partial charge is 0.493 e. The second-order valence-electron chi connectivity index (χ2n) is 8.77. The molecule has 1 aromatic carbocycles. The van der Waals surface area contributed by atoms with Crippen LogP contribution in [0.15, 0.2) is 52.3 Å². The second kappa shape index (κ2) is 10.4. The molecule has 0 bridgehead atoms. The zero-order valence-corrected chi connectivity index (χ0v) is 21.6. The summed E-state index contributed by atoms with van der Waals surface area (Å²) in [6.45, 7) is 7.56. The molecule has 5 rings (SSSR count). The molecule has 0 saturated carbocycles. The van der Waals surface area contributed by atoms with Crippen LogP contribution >= 0.6 is 0 Å². The summed E-state index contributed by atoms with van der Waals surface area (Å²) in [5, 5.41) is 6.99. The van der Waals surface area contributed by atoms with Crippen molar-refractivity contribution in [2.24, 2.45) is 0 Å². The maximum atomic E-state index is 13.5. The van der Waals surface area contributed by atoms with E-state index in [1.807, 2.05) is 13.0 Å². The lowest BCUT2D eigenvalue weighted by molar-refractivity contribution is 0.196. The molecule has 1 aliphatic rings. The molecule has 12 heteroatoms. The summed E-state index contributed by atoms with van der Waals surface area (Å²) in [5.41, 5.74) is 1.48. The average Bonchev–Trinajstić information content (AvgIpc) is 3.37. The van der Waals surface area contributed by atoms with Crippen molar-refractivity contribution in [3.8, 4) is 28.5 Å². The van der Waals surface area contributed by atoms with Crippen molar-refractivity contribution in [2.45, 2.75) is 25.2 Å². The predicted octanol–water partition coefficient (Wildman–Crippen LogP) is 2.49. The van der Waals surface area contributed by atoms with Gasteiger partial charge in [0.2, 0.25) is 10.0 Å². The number of ether oxygens (including phenoxy) is 1. The molecule has 1 saturated heterocycles. The number of H-pyrrole nitrogens is 2. The number of aromatic nitrogens is 5. The van der Waals surface area contributed by atoms with E-state index in [9.17, 15) is 13.2 Å². The van der Waals surface area contributed by atoms with Crippen LogP contribution in [0.5, 0.6) is 5.75 Å². The van der Waals surface area contributed by atoms with Crippen LogP contribution in [0.1, 0.15) is 20.3 Å². The average molecular weight is 524 g/mol. The van der Waals surface area contributed by atoms with Crippen LogP contribution in [0, 0.1) is 0 Å². The number of nitrogens with one attached hydrogen (secondary N) is 2. The Hall–Kier alpha value is -3.61. The van der Waals surface area contributed by atoms with E-state index in [4.69, 9.17) is 4.74 Å². The van der Waals surface area contributed by atoms with Gasteiger partial charge in [-0.25, -0.2) is 13.4 Å². The molecule has 1 fully saturated rings.